The predicted octanol–water partition coefficient (Wildman–Crippen LogP) is 5.71. The number of nitrogens with one attached hydrogen (secondary N) is 3. The Kier molecular flexibility index (Phi) is 7.18. The van der Waals surface area contributed by atoms with Crippen LogP contribution in [0.5, 0.6) is 0 Å². The van der Waals surface area contributed by atoms with Gasteiger partial charge in [0.25, 0.3) is 0 Å². The molecule has 0 aliphatic heterocycles. The van der Waals surface area contributed by atoms with Crippen molar-refractivity contribution in [1.29, 1.82) is 0 Å². The van der Waals surface area contributed by atoms with Gasteiger partial charge in [-0.3, -0.25) is 0 Å². The average molecular weight is 489 g/mol. The third-order valence-electron chi connectivity index (χ3n) is 5.58. The molecular formula is C23H26Cl2N6S. The quantitative estimate of drug-likeness (QED) is 0.397. The van der Waals surface area contributed by atoms with Gasteiger partial charge in [-0.1, -0.05) is 35.3 Å². The summed E-state index contributed by atoms with van der Waals surface area (Å²) in [5, 5.41) is 12.9. The van der Waals surface area contributed by atoms with Crippen molar-refractivity contribution >= 4 is 68.9 Å². The first kappa shape index (κ1) is 22.8. The molecule has 0 bridgehead atoms. The second kappa shape index (κ2) is 10.1. The van der Waals surface area contributed by atoms with Gasteiger partial charge < -0.3 is 20.9 Å². The largest absolute Gasteiger partial charge is 0.362 e. The van der Waals surface area contributed by atoms with Crippen LogP contribution in [-0.4, -0.2) is 41.3 Å². The number of anilines is 3. The number of para-hydroxylation sites is 1. The molecule has 0 spiro atoms. The van der Waals surface area contributed by atoms with Gasteiger partial charge in [0.2, 0.25) is 5.95 Å². The van der Waals surface area contributed by atoms with Crippen molar-refractivity contribution in [2.75, 3.05) is 29.6 Å². The lowest BCUT2D eigenvalue weighted by atomic mass is 9.91. The molecule has 1 fully saturated rings. The number of hydrogen-bond acceptors (Lipinski definition) is 5. The highest BCUT2D eigenvalue weighted by atomic mass is 35.5. The number of hydrogen-bond donors (Lipinski definition) is 3. The lowest BCUT2D eigenvalue weighted by Gasteiger charge is -2.30. The Morgan fingerprint density at radius 1 is 1.00 bits per heavy atom. The third kappa shape index (κ3) is 5.52. The summed E-state index contributed by atoms with van der Waals surface area (Å²) in [6, 6.07) is 14.0. The van der Waals surface area contributed by atoms with Gasteiger partial charge in [-0.2, -0.15) is 4.98 Å². The van der Waals surface area contributed by atoms with Crippen LogP contribution in [0.4, 0.5) is 17.5 Å². The minimum absolute atomic E-state index is 0.314. The maximum absolute atomic E-state index is 6.22. The summed E-state index contributed by atoms with van der Waals surface area (Å²) in [6.07, 6.45) is 4.02. The normalized spacial score (nSPS) is 18.2. The number of halogens is 2. The van der Waals surface area contributed by atoms with Crippen molar-refractivity contribution in [3.8, 4) is 0 Å². The summed E-state index contributed by atoms with van der Waals surface area (Å²) < 4.78 is 0. The van der Waals surface area contributed by atoms with Crippen LogP contribution in [-0.2, 0) is 0 Å². The van der Waals surface area contributed by atoms with Gasteiger partial charge >= 0.3 is 0 Å². The summed E-state index contributed by atoms with van der Waals surface area (Å²) in [5.41, 5.74) is 1.69. The van der Waals surface area contributed by atoms with E-state index >= 15 is 0 Å². The van der Waals surface area contributed by atoms with Crippen molar-refractivity contribution in [3.63, 3.8) is 0 Å². The van der Waals surface area contributed by atoms with E-state index in [2.05, 4.69) is 22.0 Å². The Morgan fingerprint density at radius 3 is 2.44 bits per heavy atom. The van der Waals surface area contributed by atoms with Crippen LogP contribution >= 0.6 is 35.4 Å². The molecule has 9 heteroatoms. The van der Waals surface area contributed by atoms with E-state index in [-0.39, 0.29) is 0 Å². The van der Waals surface area contributed by atoms with Crippen LogP contribution in [0, 0.1) is 0 Å². The molecule has 0 unspecified atom stereocenters. The molecule has 1 heterocycles. The van der Waals surface area contributed by atoms with E-state index in [0.29, 0.717) is 33.2 Å². The summed E-state index contributed by atoms with van der Waals surface area (Å²) in [6.45, 7) is 0. The number of aromatic nitrogens is 2. The molecule has 168 valence electrons. The lowest BCUT2D eigenvalue weighted by Crippen LogP contribution is -2.42. The molecule has 0 radical (unpaired) electrons. The standard InChI is InChI=1S/C23H26Cl2N6S/c1-31(2)21-17-5-3-4-6-19(17)28-22(30-21)26-15-8-10-16(11-9-15)27-23(32)29-20-12-7-14(24)13-18(20)25/h3-7,12-13,15-16H,8-11H2,1-2H3,(H,26,28,30)(H2,27,29,32)/t15-,16+. The molecular weight excluding hydrogens is 463 g/mol. The maximum atomic E-state index is 6.22. The lowest BCUT2D eigenvalue weighted by molar-refractivity contribution is 0.387. The summed E-state index contributed by atoms with van der Waals surface area (Å²) in [7, 11) is 4.01. The van der Waals surface area contributed by atoms with Crippen molar-refractivity contribution in [1.82, 2.24) is 15.3 Å². The summed E-state index contributed by atoms with van der Waals surface area (Å²) in [5.74, 6) is 1.60. The van der Waals surface area contributed by atoms with Gasteiger partial charge in [-0.05, 0) is 68.2 Å². The van der Waals surface area contributed by atoms with E-state index in [1.54, 1.807) is 12.1 Å². The zero-order chi connectivity index (χ0) is 22.7. The highest BCUT2D eigenvalue weighted by molar-refractivity contribution is 7.80. The Labute approximate surface area is 203 Å². The third-order valence-corrected chi connectivity index (χ3v) is 6.35. The van der Waals surface area contributed by atoms with Crippen molar-refractivity contribution in [2.24, 2.45) is 0 Å². The molecule has 1 aliphatic rings. The SMILES string of the molecule is CN(C)c1nc(N[C@H]2CC[C@@H](NC(=S)Nc3ccc(Cl)cc3Cl)CC2)nc2ccccc12. The number of thiocarbonyl (C=S) groups is 1. The van der Waals surface area contributed by atoms with Gasteiger partial charge in [0, 0.05) is 36.6 Å². The van der Waals surface area contributed by atoms with E-state index in [9.17, 15) is 0 Å². The fourth-order valence-corrected chi connectivity index (χ4v) is 4.70. The topological polar surface area (TPSA) is 65.1 Å². The predicted molar refractivity (Wildman–Crippen MR) is 139 cm³/mol. The number of benzene rings is 2. The highest BCUT2D eigenvalue weighted by Gasteiger charge is 2.23. The van der Waals surface area contributed by atoms with Crippen molar-refractivity contribution in [3.05, 3.63) is 52.5 Å². The number of rotatable bonds is 5. The van der Waals surface area contributed by atoms with E-state index in [0.717, 1.165) is 48.1 Å². The second-order valence-corrected chi connectivity index (χ2v) is 9.45. The molecule has 0 saturated heterocycles. The Bertz CT molecular complexity index is 1110. The van der Waals surface area contributed by atoms with E-state index in [4.69, 9.17) is 45.4 Å². The van der Waals surface area contributed by atoms with Crippen LogP contribution in [0.2, 0.25) is 10.0 Å². The first-order chi connectivity index (χ1) is 15.4. The van der Waals surface area contributed by atoms with Crippen LogP contribution in [0.15, 0.2) is 42.5 Å². The molecule has 0 atom stereocenters. The van der Waals surface area contributed by atoms with E-state index < -0.39 is 0 Å². The van der Waals surface area contributed by atoms with Gasteiger partial charge in [0.15, 0.2) is 5.11 Å². The molecule has 4 rings (SSSR count). The smallest absolute Gasteiger partial charge is 0.225 e. The monoisotopic (exact) mass is 488 g/mol. The molecule has 0 amide bonds. The molecule has 2 aromatic carbocycles. The van der Waals surface area contributed by atoms with E-state index in [1.807, 2.05) is 43.3 Å². The first-order valence-electron chi connectivity index (χ1n) is 10.6. The van der Waals surface area contributed by atoms with Crippen LogP contribution in [0.3, 0.4) is 0 Å². The summed E-state index contributed by atoms with van der Waals surface area (Å²) in [4.78, 5) is 11.5. The molecule has 3 aromatic rings. The Hall–Kier alpha value is -2.35. The second-order valence-electron chi connectivity index (χ2n) is 8.20. The minimum Gasteiger partial charge on any atom is -0.362 e. The van der Waals surface area contributed by atoms with Gasteiger partial charge in [-0.15, -0.1) is 0 Å². The maximum Gasteiger partial charge on any atom is 0.225 e. The Morgan fingerprint density at radius 2 is 1.72 bits per heavy atom. The van der Waals surface area contributed by atoms with Gasteiger partial charge in [0.1, 0.15) is 5.82 Å². The summed E-state index contributed by atoms with van der Waals surface area (Å²) >= 11 is 17.7. The van der Waals surface area contributed by atoms with Crippen molar-refractivity contribution in [2.45, 2.75) is 37.8 Å². The minimum atomic E-state index is 0.314. The molecule has 3 N–H and O–H groups in total. The molecule has 32 heavy (non-hydrogen) atoms. The number of nitrogens with zero attached hydrogens (tertiary/aromatic N) is 3. The fourth-order valence-electron chi connectivity index (χ4n) is 3.96. The molecule has 1 aromatic heterocycles. The van der Waals surface area contributed by atoms with Crippen LogP contribution in [0.1, 0.15) is 25.7 Å². The first-order valence-corrected chi connectivity index (χ1v) is 11.8. The van der Waals surface area contributed by atoms with Gasteiger partial charge in [0.05, 0.1) is 16.2 Å². The fraction of sp³-hybridized carbons (Fsp3) is 0.348. The molecule has 6 nitrogen and oxygen atoms in total. The number of fused-ring (bicyclic) bond motifs is 1. The molecule has 1 aliphatic carbocycles. The average Bonchev–Trinajstić information content (AvgIpc) is 2.76. The Balaban J connectivity index is 1.32. The van der Waals surface area contributed by atoms with Crippen LogP contribution in [0.25, 0.3) is 10.9 Å². The molecule has 1 saturated carbocycles. The van der Waals surface area contributed by atoms with Crippen LogP contribution < -0.4 is 20.9 Å². The highest BCUT2D eigenvalue weighted by Crippen LogP contribution is 2.27. The zero-order valence-corrected chi connectivity index (χ0v) is 20.4. The zero-order valence-electron chi connectivity index (χ0n) is 18.0. The van der Waals surface area contributed by atoms with Crippen molar-refractivity contribution < 1.29 is 0 Å². The van der Waals surface area contributed by atoms with E-state index in [1.165, 1.54) is 0 Å². The van der Waals surface area contributed by atoms with Gasteiger partial charge in [-0.25, -0.2) is 4.98 Å².